The van der Waals surface area contributed by atoms with Crippen LogP contribution in [0.1, 0.15) is 33.1 Å². The lowest BCUT2D eigenvalue weighted by Crippen LogP contribution is -2.44. The van der Waals surface area contributed by atoms with Crippen molar-refractivity contribution in [1.82, 2.24) is 0 Å². The van der Waals surface area contributed by atoms with Gasteiger partial charge < -0.3 is 24.1 Å². The van der Waals surface area contributed by atoms with Gasteiger partial charge in [-0.05, 0) is 19.8 Å². The molecule has 0 aliphatic carbocycles. The lowest BCUT2D eigenvalue weighted by Gasteiger charge is -2.29. The van der Waals surface area contributed by atoms with Gasteiger partial charge >= 0.3 is 12.1 Å². The third-order valence-electron chi connectivity index (χ3n) is 2.94. The minimum Gasteiger partial charge on any atom is -0.463 e. The van der Waals surface area contributed by atoms with Crippen LogP contribution in [-0.4, -0.2) is 49.9 Å². The van der Waals surface area contributed by atoms with E-state index >= 15 is 0 Å². The molecule has 1 aliphatic rings. The van der Waals surface area contributed by atoms with Crippen molar-refractivity contribution in [2.24, 2.45) is 5.41 Å². The molecule has 0 amide bonds. The molecule has 7 nitrogen and oxygen atoms in total. The number of ether oxygens (including phenoxy) is 4. The van der Waals surface area contributed by atoms with Gasteiger partial charge in [0.1, 0.15) is 25.2 Å². The van der Waals surface area contributed by atoms with Gasteiger partial charge in [0.25, 0.3) is 0 Å². The van der Waals surface area contributed by atoms with E-state index in [4.69, 9.17) is 9.47 Å². The lowest BCUT2D eigenvalue weighted by atomic mass is 9.93. The maximum atomic E-state index is 11.8. The minimum absolute atomic E-state index is 0.0333. The Kier molecular flexibility index (Phi) is 6.74. The van der Waals surface area contributed by atoms with Crippen molar-refractivity contribution in [2.75, 3.05) is 26.4 Å². The second-order valence-corrected chi connectivity index (χ2v) is 4.99. The van der Waals surface area contributed by atoms with Gasteiger partial charge in [0, 0.05) is 0 Å². The van der Waals surface area contributed by atoms with Crippen molar-refractivity contribution in [3.05, 3.63) is 0 Å². The Morgan fingerprint density at radius 3 is 2.65 bits per heavy atom. The van der Waals surface area contributed by atoms with Crippen molar-refractivity contribution in [3.8, 4) is 0 Å². The molecule has 1 fully saturated rings. The summed E-state index contributed by atoms with van der Waals surface area (Å²) in [5.41, 5.74) is -0.991. The van der Waals surface area contributed by atoms with E-state index in [-0.39, 0.29) is 26.4 Å². The number of esters is 1. The van der Waals surface area contributed by atoms with Crippen molar-refractivity contribution in [1.29, 1.82) is 0 Å². The second kappa shape index (κ2) is 8.06. The molecule has 1 atom stereocenters. The summed E-state index contributed by atoms with van der Waals surface area (Å²) >= 11 is 0. The molecule has 0 bridgehead atoms. The van der Waals surface area contributed by atoms with E-state index in [1.54, 1.807) is 6.92 Å². The molecular weight excluding hydrogens is 268 g/mol. The molecule has 116 valence electrons. The number of aliphatic hydroxyl groups excluding tert-OH is 1. The molecule has 1 N–H and O–H groups in total. The van der Waals surface area contributed by atoms with Crippen LogP contribution in [0.2, 0.25) is 0 Å². The predicted molar refractivity (Wildman–Crippen MR) is 67.8 cm³/mol. The summed E-state index contributed by atoms with van der Waals surface area (Å²) in [5, 5.41) is 9.43. The first-order valence-electron chi connectivity index (χ1n) is 6.74. The number of hydrogen-bond acceptors (Lipinski definition) is 7. The Morgan fingerprint density at radius 1 is 1.40 bits per heavy atom. The number of hydrogen-bond donors (Lipinski definition) is 1. The number of cyclic esters (lactones) is 2. The standard InChI is InChI=1S/C13H22O7/c1-3-4-5-10(14)17-6-7-18-11(15)13(2)8-19-12(16)20-9-13/h10,14H,3-9H2,1-2H3. The number of unbranched alkanes of at least 4 members (excludes halogenated alkanes) is 1. The van der Waals surface area contributed by atoms with E-state index in [0.29, 0.717) is 6.42 Å². The van der Waals surface area contributed by atoms with E-state index in [9.17, 15) is 14.7 Å². The summed E-state index contributed by atoms with van der Waals surface area (Å²) < 4.78 is 19.5. The number of aliphatic hydroxyl groups is 1. The summed E-state index contributed by atoms with van der Waals surface area (Å²) in [6.45, 7) is 3.64. The smallest absolute Gasteiger partial charge is 0.463 e. The minimum atomic E-state index is -0.991. The van der Waals surface area contributed by atoms with Crippen molar-refractivity contribution >= 4 is 12.1 Å². The normalized spacial score (nSPS) is 18.9. The molecule has 1 saturated heterocycles. The van der Waals surface area contributed by atoms with E-state index < -0.39 is 23.8 Å². The molecular formula is C13H22O7. The fraction of sp³-hybridized carbons (Fsp3) is 0.846. The zero-order valence-corrected chi connectivity index (χ0v) is 11.9. The number of carbonyl (C=O) groups is 2. The third kappa shape index (κ3) is 5.34. The van der Waals surface area contributed by atoms with Crippen LogP contribution in [0.15, 0.2) is 0 Å². The molecule has 0 aromatic rings. The average molecular weight is 290 g/mol. The Bertz CT molecular complexity index is 319. The highest BCUT2D eigenvalue weighted by Crippen LogP contribution is 2.23. The van der Waals surface area contributed by atoms with Gasteiger partial charge in [-0.3, -0.25) is 4.79 Å². The summed E-state index contributed by atoms with van der Waals surface area (Å²) in [4.78, 5) is 22.6. The predicted octanol–water partition coefficient (Wildman–Crippen LogP) is 1.23. The van der Waals surface area contributed by atoms with Crippen molar-refractivity contribution in [3.63, 3.8) is 0 Å². The molecule has 20 heavy (non-hydrogen) atoms. The van der Waals surface area contributed by atoms with E-state index in [0.717, 1.165) is 12.8 Å². The molecule has 0 saturated carbocycles. The molecule has 0 aromatic heterocycles. The molecule has 7 heteroatoms. The van der Waals surface area contributed by atoms with E-state index in [1.807, 2.05) is 6.92 Å². The molecule has 0 spiro atoms. The van der Waals surface area contributed by atoms with Crippen LogP contribution in [-0.2, 0) is 23.7 Å². The van der Waals surface area contributed by atoms with Gasteiger partial charge in [0.15, 0.2) is 6.29 Å². The van der Waals surface area contributed by atoms with Crippen LogP contribution in [0.4, 0.5) is 4.79 Å². The molecule has 1 unspecified atom stereocenters. The fourth-order valence-electron chi connectivity index (χ4n) is 1.59. The van der Waals surface area contributed by atoms with Crippen molar-refractivity contribution in [2.45, 2.75) is 39.4 Å². The molecule has 1 rings (SSSR count). The summed E-state index contributed by atoms with van der Waals surface area (Å²) in [7, 11) is 0. The zero-order chi connectivity index (χ0) is 15.0. The van der Waals surface area contributed by atoms with Crippen LogP contribution >= 0.6 is 0 Å². The van der Waals surface area contributed by atoms with Gasteiger partial charge in [-0.1, -0.05) is 13.3 Å². The third-order valence-corrected chi connectivity index (χ3v) is 2.94. The highest BCUT2D eigenvalue weighted by molar-refractivity contribution is 5.78. The van der Waals surface area contributed by atoms with Crippen LogP contribution in [0.25, 0.3) is 0 Å². The maximum Gasteiger partial charge on any atom is 0.508 e. The first-order chi connectivity index (χ1) is 9.48. The Morgan fingerprint density at radius 2 is 2.05 bits per heavy atom. The van der Waals surface area contributed by atoms with Crippen LogP contribution < -0.4 is 0 Å². The molecule has 1 aliphatic heterocycles. The number of rotatable bonds is 8. The second-order valence-electron chi connectivity index (χ2n) is 4.99. The lowest BCUT2D eigenvalue weighted by molar-refractivity contribution is -0.171. The molecule has 0 aromatic carbocycles. The maximum absolute atomic E-state index is 11.8. The monoisotopic (exact) mass is 290 g/mol. The first-order valence-corrected chi connectivity index (χ1v) is 6.74. The van der Waals surface area contributed by atoms with Crippen LogP contribution in [0.5, 0.6) is 0 Å². The Balaban J connectivity index is 2.18. The Labute approximate surface area is 118 Å². The van der Waals surface area contributed by atoms with Gasteiger partial charge in [0.2, 0.25) is 0 Å². The molecule has 0 radical (unpaired) electrons. The first kappa shape index (κ1) is 16.7. The summed E-state index contributed by atoms with van der Waals surface area (Å²) in [5.74, 6) is -0.517. The SMILES string of the molecule is CCCCC(O)OCCOC(=O)C1(C)COC(=O)OC1. The van der Waals surface area contributed by atoms with Gasteiger partial charge in [0.05, 0.1) is 6.61 Å². The van der Waals surface area contributed by atoms with Crippen molar-refractivity contribution < 1.29 is 33.6 Å². The number of carbonyl (C=O) groups excluding carboxylic acids is 2. The van der Waals surface area contributed by atoms with Crippen LogP contribution in [0, 0.1) is 5.41 Å². The van der Waals surface area contributed by atoms with Gasteiger partial charge in [-0.2, -0.15) is 0 Å². The summed E-state index contributed by atoms with van der Waals surface area (Å²) in [6, 6.07) is 0. The highest BCUT2D eigenvalue weighted by Gasteiger charge is 2.41. The van der Waals surface area contributed by atoms with E-state index in [2.05, 4.69) is 9.47 Å². The molecule has 1 heterocycles. The topological polar surface area (TPSA) is 91.3 Å². The van der Waals surface area contributed by atoms with Gasteiger partial charge in [-0.25, -0.2) is 4.79 Å². The highest BCUT2D eigenvalue weighted by atomic mass is 16.7. The summed E-state index contributed by atoms with van der Waals surface area (Å²) in [6.07, 6.45) is 0.807. The van der Waals surface area contributed by atoms with Crippen LogP contribution in [0.3, 0.4) is 0 Å². The largest absolute Gasteiger partial charge is 0.508 e. The average Bonchev–Trinajstić information content (AvgIpc) is 2.44. The Hall–Kier alpha value is -1.34. The van der Waals surface area contributed by atoms with E-state index in [1.165, 1.54) is 0 Å². The zero-order valence-electron chi connectivity index (χ0n) is 11.9. The quantitative estimate of drug-likeness (QED) is 0.408. The fourth-order valence-corrected chi connectivity index (χ4v) is 1.59. The van der Waals surface area contributed by atoms with Gasteiger partial charge in [-0.15, -0.1) is 0 Å².